The zero-order valence-electron chi connectivity index (χ0n) is 51.1. The van der Waals surface area contributed by atoms with Crippen molar-refractivity contribution in [1.82, 2.24) is 0 Å². The van der Waals surface area contributed by atoms with Gasteiger partial charge in [0.05, 0.1) is 0 Å². The standard InChI is InChI=1S/C73H118O6/c1-4-7-10-13-16-19-22-25-28-31-34-36-39-42-45-48-51-54-57-60-63-66-72(75)78-69-70(68-77-71(74)65-62-59-56-53-50-47-44-41-38-33-30-27-24-21-18-15-12-9-6-3)79-73(76)67-64-61-58-55-52-49-46-43-40-37-35-32-29-26-23-20-17-14-11-8-5-2/h7,9-10,12,16,18-19,21,25,27-28,30,32,34-36,38,41-42,45,47,50-51,54,70H,4-6,8,11,13-15,17,20,22-24,26,29,31,33,37,39-40,43-44,46,48-49,52-53,55-69H2,1-3H3/b10-7-,12-9-,19-16-,21-18-,28-25-,30-27-,35-32-,36-34-,41-38-,45-42-,50-47-,54-51-. The molecular weight excluding hydrogens is 973 g/mol. The van der Waals surface area contributed by atoms with Gasteiger partial charge < -0.3 is 14.2 Å². The molecule has 0 aromatic carbocycles. The molecule has 1 unspecified atom stereocenters. The first-order chi connectivity index (χ1) is 39.0. The number of esters is 3. The van der Waals surface area contributed by atoms with Crippen LogP contribution in [-0.2, 0) is 28.6 Å². The number of allylic oxidation sites excluding steroid dienone is 24. The highest BCUT2D eigenvalue weighted by Crippen LogP contribution is 2.15. The third-order valence-electron chi connectivity index (χ3n) is 13.3. The van der Waals surface area contributed by atoms with E-state index in [1.165, 1.54) is 103 Å². The molecule has 0 spiro atoms. The fraction of sp³-hybridized carbons (Fsp3) is 0.630. The summed E-state index contributed by atoms with van der Waals surface area (Å²) in [5.41, 5.74) is 0. The lowest BCUT2D eigenvalue weighted by atomic mass is 10.1. The predicted octanol–water partition coefficient (Wildman–Crippen LogP) is 22.3. The van der Waals surface area contributed by atoms with E-state index in [1.54, 1.807) is 0 Å². The summed E-state index contributed by atoms with van der Waals surface area (Å²) in [6, 6.07) is 0. The van der Waals surface area contributed by atoms with E-state index < -0.39 is 6.10 Å². The van der Waals surface area contributed by atoms with Crippen molar-refractivity contribution in [1.29, 1.82) is 0 Å². The zero-order chi connectivity index (χ0) is 57.1. The van der Waals surface area contributed by atoms with E-state index in [0.717, 1.165) is 128 Å². The Balaban J connectivity index is 4.54. The summed E-state index contributed by atoms with van der Waals surface area (Å²) in [6.07, 6.45) is 94.2. The van der Waals surface area contributed by atoms with Crippen LogP contribution in [0, 0.1) is 0 Å². The molecule has 0 aromatic rings. The highest BCUT2D eigenvalue weighted by molar-refractivity contribution is 5.71. The lowest BCUT2D eigenvalue weighted by Crippen LogP contribution is -2.30. The number of carbonyl (C=O) groups excluding carboxylic acids is 3. The van der Waals surface area contributed by atoms with Gasteiger partial charge in [0.2, 0.25) is 0 Å². The quantitative estimate of drug-likeness (QED) is 0.0261. The minimum Gasteiger partial charge on any atom is -0.462 e. The summed E-state index contributed by atoms with van der Waals surface area (Å²) in [5.74, 6) is -0.989. The smallest absolute Gasteiger partial charge is 0.306 e. The SMILES string of the molecule is CC/C=C\C/C=C\C/C=C\C/C=C\C/C=C\C/C=C\CCCCC(=O)OCC(COC(=O)CCCCC/C=C\C/C=C\C/C=C\C/C=C\C/C=C\CC)OC(=O)CCCCCCCCCCC/C=C\CCCCCCCCCC. The van der Waals surface area contributed by atoms with Crippen molar-refractivity contribution >= 4 is 17.9 Å². The highest BCUT2D eigenvalue weighted by Gasteiger charge is 2.19. The van der Waals surface area contributed by atoms with E-state index in [9.17, 15) is 14.4 Å². The molecule has 0 heterocycles. The minimum atomic E-state index is -0.819. The minimum absolute atomic E-state index is 0.115. The Labute approximate surface area is 487 Å². The van der Waals surface area contributed by atoms with Gasteiger partial charge in [-0.25, -0.2) is 0 Å². The van der Waals surface area contributed by atoms with Crippen molar-refractivity contribution in [2.45, 2.75) is 284 Å². The van der Waals surface area contributed by atoms with Gasteiger partial charge in [0, 0.05) is 19.3 Å². The molecular formula is C73H118O6. The Hall–Kier alpha value is -4.71. The number of hydrogen-bond donors (Lipinski definition) is 0. The van der Waals surface area contributed by atoms with E-state index in [4.69, 9.17) is 14.2 Å². The van der Waals surface area contributed by atoms with Crippen LogP contribution < -0.4 is 0 Å². The van der Waals surface area contributed by atoms with Gasteiger partial charge in [-0.1, -0.05) is 263 Å². The summed E-state index contributed by atoms with van der Waals surface area (Å²) in [5, 5.41) is 0. The van der Waals surface area contributed by atoms with Crippen LogP contribution in [0.2, 0.25) is 0 Å². The van der Waals surface area contributed by atoms with Crippen LogP contribution >= 0.6 is 0 Å². The Kier molecular flexibility index (Phi) is 61.9. The van der Waals surface area contributed by atoms with E-state index in [-0.39, 0.29) is 31.1 Å². The topological polar surface area (TPSA) is 78.9 Å². The van der Waals surface area contributed by atoms with Gasteiger partial charge in [-0.15, -0.1) is 0 Å². The molecule has 1 atom stereocenters. The summed E-state index contributed by atoms with van der Waals surface area (Å²) in [4.78, 5) is 38.4. The maximum Gasteiger partial charge on any atom is 0.306 e. The zero-order valence-corrected chi connectivity index (χ0v) is 51.1. The molecule has 0 aromatic heterocycles. The third kappa shape index (κ3) is 64.0. The van der Waals surface area contributed by atoms with Crippen molar-refractivity contribution < 1.29 is 28.6 Å². The summed E-state index contributed by atoms with van der Waals surface area (Å²) in [7, 11) is 0. The number of ether oxygens (including phenoxy) is 3. The molecule has 0 aliphatic carbocycles. The Morgan fingerprint density at radius 1 is 0.266 bits per heavy atom. The van der Waals surface area contributed by atoms with Crippen LogP contribution in [-0.4, -0.2) is 37.2 Å². The third-order valence-corrected chi connectivity index (χ3v) is 13.3. The second-order valence-electron chi connectivity index (χ2n) is 20.9. The Morgan fingerprint density at radius 2 is 0.494 bits per heavy atom. The molecule has 79 heavy (non-hydrogen) atoms. The van der Waals surface area contributed by atoms with Gasteiger partial charge in [0.15, 0.2) is 6.10 Å². The Morgan fingerprint density at radius 3 is 0.823 bits per heavy atom. The maximum atomic E-state index is 12.9. The van der Waals surface area contributed by atoms with E-state index in [0.29, 0.717) is 25.7 Å². The molecule has 0 saturated carbocycles. The number of unbranched alkanes of at least 4 members (excludes halogenated alkanes) is 22. The lowest BCUT2D eigenvalue weighted by molar-refractivity contribution is -0.167. The molecule has 446 valence electrons. The first-order valence-electron chi connectivity index (χ1n) is 32.3. The van der Waals surface area contributed by atoms with Crippen LogP contribution in [0.4, 0.5) is 0 Å². The fourth-order valence-electron chi connectivity index (χ4n) is 8.53. The molecule has 6 heteroatoms. The second-order valence-corrected chi connectivity index (χ2v) is 20.9. The maximum absolute atomic E-state index is 12.9. The molecule has 0 radical (unpaired) electrons. The summed E-state index contributed by atoms with van der Waals surface area (Å²) >= 11 is 0. The summed E-state index contributed by atoms with van der Waals surface area (Å²) in [6.45, 7) is 6.36. The van der Waals surface area contributed by atoms with Gasteiger partial charge in [0.25, 0.3) is 0 Å². The van der Waals surface area contributed by atoms with Gasteiger partial charge in [-0.2, -0.15) is 0 Å². The van der Waals surface area contributed by atoms with Crippen molar-refractivity contribution in [3.63, 3.8) is 0 Å². The molecule has 0 aliphatic rings. The van der Waals surface area contributed by atoms with Crippen molar-refractivity contribution in [3.05, 3.63) is 146 Å². The molecule has 0 bridgehead atoms. The van der Waals surface area contributed by atoms with Gasteiger partial charge in [-0.3, -0.25) is 14.4 Å². The normalized spacial score (nSPS) is 13.1. The van der Waals surface area contributed by atoms with Gasteiger partial charge >= 0.3 is 17.9 Å². The average molecular weight is 1090 g/mol. The second kappa shape index (κ2) is 65.8. The van der Waals surface area contributed by atoms with E-state index in [1.807, 2.05) is 0 Å². The predicted molar refractivity (Wildman–Crippen MR) is 343 cm³/mol. The van der Waals surface area contributed by atoms with Crippen molar-refractivity contribution in [2.24, 2.45) is 0 Å². The van der Waals surface area contributed by atoms with E-state index in [2.05, 4.69) is 167 Å². The lowest BCUT2D eigenvalue weighted by Gasteiger charge is -2.18. The first-order valence-corrected chi connectivity index (χ1v) is 32.3. The largest absolute Gasteiger partial charge is 0.462 e. The van der Waals surface area contributed by atoms with Crippen molar-refractivity contribution in [2.75, 3.05) is 13.2 Å². The fourth-order valence-corrected chi connectivity index (χ4v) is 8.53. The Bertz CT molecular complexity index is 1730. The number of rotatable bonds is 57. The van der Waals surface area contributed by atoms with Crippen LogP contribution in [0.1, 0.15) is 278 Å². The molecule has 0 saturated heterocycles. The first kappa shape index (κ1) is 74.3. The average Bonchev–Trinajstić information content (AvgIpc) is 3.45. The molecule has 0 rings (SSSR count). The van der Waals surface area contributed by atoms with Crippen molar-refractivity contribution in [3.8, 4) is 0 Å². The molecule has 0 N–H and O–H groups in total. The summed E-state index contributed by atoms with van der Waals surface area (Å²) < 4.78 is 16.9. The van der Waals surface area contributed by atoms with Crippen LogP contribution in [0.15, 0.2) is 146 Å². The van der Waals surface area contributed by atoms with Crippen LogP contribution in [0.25, 0.3) is 0 Å². The number of carbonyl (C=O) groups is 3. The monoisotopic (exact) mass is 1090 g/mol. The molecule has 0 amide bonds. The van der Waals surface area contributed by atoms with Crippen LogP contribution in [0.5, 0.6) is 0 Å². The molecule has 0 fully saturated rings. The van der Waals surface area contributed by atoms with Gasteiger partial charge in [-0.05, 0) is 141 Å². The molecule has 6 nitrogen and oxygen atoms in total. The molecule has 0 aliphatic heterocycles. The van der Waals surface area contributed by atoms with E-state index >= 15 is 0 Å². The number of hydrogen-bond acceptors (Lipinski definition) is 6. The highest BCUT2D eigenvalue weighted by atomic mass is 16.6. The van der Waals surface area contributed by atoms with Crippen LogP contribution in [0.3, 0.4) is 0 Å². The van der Waals surface area contributed by atoms with Gasteiger partial charge in [0.1, 0.15) is 13.2 Å².